The number of rotatable bonds is 6. The first kappa shape index (κ1) is 18.9. The number of aryl methyl sites for hydroxylation is 4. The average Bonchev–Trinajstić information content (AvgIpc) is 3.24. The zero-order valence-electron chi connectivity index (χ0n) is 17.0. The highest BCUT2D eigenvalue weighted by molar-refractivity contribution is 5.91. The normalized spacial score (nSPS) is 11.1. The fourth-order valence-electron chi connectivity index (χ4n) is 3.61. The van der Waals surface area contributed by atoms with Crippen molar-refractivity contribution >= 4 is 22.5 Å². The van der Waals surface area contributed by atoms with Gasteiger partial charge in [0, 0.05) is 23.2 Å². The molecule has 0 aliphatic carbocycles. The van der Waals surface area contributed by atoms with Crippen molar-refractivity contribution in [1.82, 2.24) is 19.6 Å². The molecule has 2 heterocycles. The summed E-state index contributed by atoms with van der Waals surface area (Å²) in [5.74, 6) is -0.0235. The van der Waals surface area contributed by atoms with Gasteiger partial charge < -0.3 is 5.32 Å². The van der Waals surface area contributed by atoms with Gasteiger partial charge in [-0.25, -0.2) is 0 Å². The molecule has 0 saturated heterocycles. The highest BCUT2D eigenvalue weighted by Crippen LogP contribution is 2.18. The SMILES string of the molecule is Cc1cc(C)n(Cc2cccc(NC(=O)CCn3ncc4c(C)cccc43)c2)n1. The maximum Gasteiger partial charge on any atom is 0.226 e. The topological polar surface area (TPSA) is 64.7 Å². The summed E-state index contributed by atoms with van der Waals surface area (Å²) in [5, 5.41) is 13.1. The Morgan fingerprint density at radius 3 is 2.66 bits per heavy atom. The number of anilines is 1. The van der Waals surface area contributed by atoms with Crippen LogP contribution in [0.1, 0.15) is 28.9 Å². The lowest BCUT2D eigenvalue weighted by Crippen LogP contribution is -2.15. The summed E-state index contributed by atoms with van der Waals surface area (Å²) in [6.45, 7) is 7.34. The molecule has 6 nitrogen and oxygen atoms in total. The van der Waals surface area contributed by atoms with Crippen LogP contribution >= 0.6 is 0 Å². The second-order valence-electron chi connectivity index (χ2n) is 7.46. The molecule has 0 aliphatic rings. The largest absolute Gasteiger partial charge is 0.326 e. The van der Waals surface area contributed by atoms with Crippen molar-refractivity contribution in [2.24, 2.45) is 0 Å². The quantitative estimate of drug-likeness (QED) is 0.538. The molecule has 0 aliphatic heterocycles. The average molecular weight is 387 g/mol. The lowest BCUT2D eigenvalue weighted by Gasteiger charge is -2.09. The number of benzene rings is 2. The Morgan fingerprint density at radius 1 is 1.03 bits per heavy atom. The molecule has 2 aromatic heterocycles. The molecule has 0 fully saturated rings. The predicted octanol–water partition coefficient (Wildman–Crippen LogP) is 4.24. The number of nitrogens with zero attached hydrogens (tertiary/aromatic N) is 4. The fourth-order valence-corrected chi connectivity index (χ4v) is 3.61. The van der Waals surface area contributed by atoms with Crippen molar-refractivity contribution in [3.63, 3.8) is 0 Å². The molecule has 4 aromatic rings. The minimum atomic E-state index is -0.0235. The molecule has 0 atom stereocenters. The minimum Gasteiger partial charge on any atom is -0.326 e. The Balaban J connectivity index is 1.39. The summed E-state index contributed by atoms with van der Waals surface area (Å²) in [5.41, 5.74) is 6.28. The van der Waals surface area contributed by atoms with Gasteiger partial charge in [0.2, 0.25) is 5.91 Å². The molecule has 0 saturated carbocycles. The van der Waals surface area contributed by atoms with Crippen molar-refractivity contribution in [2.45, 2.75) is 40.3 Å². The molecule has 0 spiro atoms. The maximum atomic E-state index is 12.5. The van der Waals surface area contributed by atoms with Crippen LogP contribution < -0.4 is 5.32 Å². The van der Waals surface area contributed by atoms with E-state index in [1.165, 1.54) is 5.56 Å². The maximum absolute atomic E-state index is 12.5. The Hall–Kier alpha value is -3.41. The van der Waals surface area contributed by atoms with E-state index >= 15 is 0 Å². The second-order valence-corrected chi connectivity index (χ2v) is 7.46. The highest BCUT2D eigenvalue weighted by atomic mass is 16.1. The molecule has 1 N–H and O–H groups in total. The van der Waals surface area contributed by atoms with Crippen LogP contribution in [-0.2, 0) is 17.9 Å². The van der Waals surface area contributed by atoms with Crippen LogP contribution in [-0.4, -0.2) is 25.5 Å². The molecule has 6 heteroatoms. The lowest BCUT2D eigenvalue weighted by atomic mass is 10.1. The summed E-state index contributed by atoms with van der Waals surface area (Å²) >= 11 is 0. The van der Waals surface area contributed by atoms with Gasteiger partial charge in [-0.2, -0.15) is 10.2 Å². The molecular formula is C23H25N5O. The zero-order valence-corrected chi connectivity index (χ0v) is 17.0. The molecule has 1 amide bonds. The lowest BCUT2D eigenvalue weighted by molar-refractivity contribution is -0.116. The van der Waals surface area contributed by atoms with Gasteiger partial charge in [-0.05, 0) is 56.2 Å². The minimum absolute atomic E-state index is 0.0235. The van der Waals surface area contributed by atoms with E-state index in [2.05, 4.69) is 34.6 Å². The van der Waals surface area contributed by atoms with Gasteiger partial charge in [-0.15, -0.1) is 0 Å². The van der Waals surface area contributed by atoms with Gasteiger partial charge >= 0.3 is 0 Å². The summed E-state index contributed by atoms with van der Waals surface area (Å²) in [7, 11) is 0. The van der Waals surface area contributed by atoms with Crippen LogP contribution in [0.2, 0.25) is 0 Å². The third-order valence-corrected chi connectivity index (χ3v) is 5.10. The van der Waals surface area contributed by atoms with Crippen molar-refractivity contribution < 1.29 is 4.79 Å². The van der Waals surface area contributed by atoms with E-state index in [4.69, 9.17) is 0 Å². The van der Waals surface area contributed by atoms with Gasteiger partial charge in [-0.1, -0.05) is 24.3 Å². The first-order valence-electron chi connectivity index (χ1n) is 9.80. The van der Waals surface area contributed by atoms with E-state index in [1.54, 1.807) is 0 Å². The number of hydrogen-bond donors (Lipinski definition) is 1. The van der Waals surface area contributed by atoms with Crippen molar-refractivity contribution in [3.05, 3.63) is 77.2 Å². The van der Waals surface area contributed by atoms with Gasteiger partial charge in [0.25, 0.3) is 0 Å². The zero-order chi connectivity index (χ0) is 20.4. The number of amides is 1. The standard InChI is InChI=1S/C23H25N5O/c1-16-6-4-9-22-21(16)14-24-27(22)11-10-23(29)25-20-8-5-7-19(13-20)15-28-18(3)12-17(2)26-28/h4-9,12-14H,10-11,15H2,1-3H3,(H,25,29). The van der Waals surface area contributed by atoms with E-state index in [9.17, 15) is 4.79 Å². The third kappa shape index (κ3) is 4.21. The van der Waals surface area contributed by atoms with E-state index in [0.29, 0.717) is 19.5 Å². The summed E-state index contributed by atoms with van der Waals surface area (Å²) < 4.78 is 3.86. The van der Waals surface area contributed by atoms with Crippen molar-refractivity contribution in [3.8, 4) is 0 Å². The Labute approximate surface area is 170 Å². The highest BCUT2D eigenvalue weighted by Gasteiger charge is 2.08. The van der Waals surface area contributed by atoms with Crippen LogP contribution in [0.3, 0.4) is 0 Å². The fraction of sp³-hybridized carbons (Fsp3) is 0.261. The molecule has 148 valence electrons. The number of carbonyl (C=O) groups is 1. The van der Waals surface area contributed by atoms with Gasteiger partial charge in [0.15, 0.2) is 0 Å². The molecule has 0 bridgehead atoms. The van der Waals surface area contributed by atoms with E-state index in [1.807, 2.05) is 65.8 Å². The van der Waals surface area contributed by atoms with Crippen molar-refractivity contribution in [1.29, 1.82) is 0 Å². The van der Waals surface area contributed by atoms with Crippen LogP contribution in [0.25, 0.3) is 10.9 Å². The van der Waals surface area contributed by atoms with E-state index < -0.39 is 0 Å². The van der Waals surface area contributed by atoms with Crippen LogP contribution in [0.5, 0.6) is 0 Å². The van der Waals surface area contributed by atoms with E-state index in [-0.39, 0.29) is 5.91 Å². The Kier molecular flexibility index (Phi) is 5.16. The second kappa shape index (κ2) is 7.91. The summed E-state index contributed by atoms with van der Waals surface area (Å²) in [6.07, 6.45) is 2.23. The first-order chi connectivity index (χ1) is 14.0. The Bertz CT molecular complexity index is 1170. The number of carbonyl (C=O) groups excluding carboxylic acids is 1. The first-order valence-corrected chi connectivity index (χ1v) is 9.80. The number of nitrogens with one attached hydrogen (secondary N) is 1. The number of hydrogen-bond acceptors (Lipinski definition) is 3. The summed E-state index contributed by atoms with van der Waals surface area (Å²) in [4.78, 5) is 12.5. The number of fused-ring (bicyclic) bond motifs is 1. The summed E-state index contributed by atoms with van der Waals surface area (Å²) in [6, 6.07) is 16.1. The van der Waals surface area contributed by atoms with Gasteiger partial charge in [-0.3, -0.25) is 14.2 Å². The predicted molar refractivity (Wildman–Crippen MR) is 115 cm³/mol. The van der Waals surface area contributed by atoms with Gasteiger partial charge in [0.05, 0.1) is 30.5 Å². The molecule has 0 unspecified atom stereocenters. The number of aromatic nitrogens is 4. The molecule has 29 heavy (non-hydrogen) atoms. The van der Waals surface area contributed by atoms with Gasteiger partial charge in [0.1, 0.15) is 0 Å². The molecule has 0 radical (unpaired) electrons. The molecular weight excluding hydrogens is 362 g/mol. The molecule has 2 aromatic carbocycles. The smallest absolute Gasteiger partial charge is 0.226 e. The third-order valence-electron chi connectivity index (χ3n) is 5.10. The van der Waals surface area contributed by atoms with Crippen LogP contribution in [0, 0.1) is 20.8 Å². The molecule has 4 rings (SSSR count). The van der Waals surface area contributed by atoms with Crippen molar-refractivity contribution in [2.75, 3.05) is 5.32 Å². The van der Waals surface area contributed by atoms with E-state index in [0.717, 1.165) is 33.5 Å². The van der Waals surface area contributed by atoms with Crippen LogP contribution in [0.15, 0.2) is 54.7 Å². The van der Waals surface area contributed by atoms with Crippen LogP contribution in [0.4, 0.5) is 5.69 Å². The Morgan fingerprint density at radius 2 is 1.86 bits per heavy atom. The monoisotopic (exact) mass is 387 g/mol.